The van der Waals surface area contributed by atoms with Crippen molar-refractivity contribution in [3.05, 3.63) is 11.6 Å². The molecule has 1 aliphatic heterocycles. The Bertz CT molecular complexity index is 906. The van der Waals surface area contributed by atoms with Gasteiger partial charge in [0.2, 0.25) is 11.8 Å². The van der Waals surface area contributed by atoms with Crippen molar-refractivity contribution in [3.8, 4) is 0 Å². The van der Waals surface area contributed by atoms with Gasteiger partial charge in [-0.05, 0) is 98.2 Å². The normalized spacial score (nSPS) is 40.5. The van der Waals surface area contributed by atoms with Crippen molar-refractivity contribution in [1.82, 2.24) is 9.80 Å². The van der Waals surface area contributed by atoms with Crippen LogP contribution in [0.1, 0.15) is 98.8 Å². The molecule has 1 unspecified atom stereocenters. The highest BCUT2D eigenvalue weighted by Gasteiger charge is 2.59. The summed E-state index contributed by atoms with van der Waals surface area (Å²) in [6, 6.07) is 0. The third-order valence-corrected chi connectivity index (χ3v) is 12.1. The number of piperazine rings is 1. The molecule has 0 aromatic rings. The lowest BCUT2D eigenvalue weighted by atomic mass is 9.47. The number of rotatable bonds is 5. The topological polar surface area (TPSA) is 60.9 Å². The molecule has 0 spiro atoms. The third-order valence-electron chi connectivity index (χ3n) is 12.1. The maximum atomic E-state index is 13.1. The monoisotopic (exact) mass is 512 g/mol. The molecule has 3 saturated carbocycles. The molecule has 5 heteroatoms. The number of carbonyl (C=O) groups is 2. The number of hydrogen-bond acceptors (Lipinski definition) is 3. The Morgan fingerprint density at radius 3 is 2.38 bits per heavy atom. The Labute approximate surface area is 225 Å². The van der Waals surface area contributed by atoms with Crippen LogP contribution in [0.3, 0.4) is 0 Å². The highest BCUT2D eigenvalue weighted by molar-refractivity contribution is 5.79. The fraction of sp³-hybridized carbons (Fsp3) is 0.875. The molecule has 2 amide bonds. The van der Waals surface area contributed by atoms with Gasteiger partial charge in [-0.15, -0.1) is 0 Å². The lowest BCUT2D eigenvalue weighted by Crippen LogP contribution is -2.51. The molecule has 208 valence electrons. The quantitative estimate of drug-likeness (QED) is 0.483. The van der Waals surface area contributed by atoms with Gasteiger partial charge >= 0.3 is 0 Å². The van der Waals surface area contributed by atoms with Gasteiger partial charge in [0.1, 0.15) is 0 Å². The Kier molecular flexibility index (Phi) is 7.59. The van der Waals surface area contributed by atoms with Crippen LogP contribution in [0.5, 0.6) is 0 Å². The minimum absolute atomic E-state index is 0.0277. The highest BCUT2D eigenvalue weighted by atomic mass is 16.3. The number of hydrogen-bond donors (Lipinski definition) is 1. The molecule has 5 nitrogen and oxygen atoms in total. The largest absolute Gasteiger partial charge is 0.393 e. The number of nitrogens with zero attached hydrogens (tertiary/aromatic N) is 2. The van der Waals surface area contributed by atoms with Gasteiger partial charge in [0.15, 0.2) is 0 Å². The van der Waals surface area contributed by atoms with Gasteiger partial charge in [0.25, 0.3) is 0 Å². The van der Waals surface area contributed by atoms with Gasteiger partial charge in [0.05, 0.1) is 6.10 Å². The number of amides is 2. The van der Waals surface area contributed by atoms with Gasteiger partial charge in [-0.1, -0.05) is 46.3 Å². The average molecular weight is 513 g/mol. The average Bonchev–Trinajstić information content (AvgIpc) is 3.24. The Morgan fingerprint density at radius 2 is 1.68 bits per heavy atom. The fourth-order valence-corrected chi connectivity index (χ4v) is 9.87. The van der Waals surface area contributed by atoms with Crippen LogP contribution in [0.2, 0.25) is 0 Å². The predicted molar refractivity (Wildman–Crippen MR) is 148 cm³/mol. The van der Waals surface area contributed by atoms with Gasteiger partial charge in [-0.2, -0.15) is 0 Å². The van der Waals surface area contributed by atoms with E-state index in [2.05, 4.69) is 26.8 Å². The first-order valence-electron chi connectivity index (χ1n) is 15.5. The summed E-state index contributed by atoms with van der Waals surface area (Å²) >= 11 is 0. The van der Waals surface area contributed by atoms with E-state index in [1.807, 2.05) is 23.6 Å². The van der Waals surface area contributed by atoms with Crippen molar-refractivity contribution in [3.63, 3.8) is 0 Å². The molecule has 5 aliphatic rings. The van der Waals surface area contributed by atoms with Crippen LogP contribution >= 0.6 is 0 Å². The zero-order chi connectivity index (χ0) is 26.5. The summed E-state index contributed by atoms with van der Waals surface area (Å²) in [6.45, 7) is 14.2. The highest BCUT2D eigenvalue weighted by Crippen LogP contribution is 2.67. The molecule has 5 rings (SSSR count). The van der Waals surface area contributed by atoms with Crippen molar-refractivity contribution in [1.29, 1.82) is 0 Å². The van der Waals surface area contributed by atoms with E-state index in [0.29, 0.717) is 49.3 Å². The Balaban J connectivity index is 1.17. The van der Waals surface area contributed by atoms with E-state index in [1.165, 1.54) is 32.1 Å². The van der Waals surface area contributed by atoms with Crippen molar-refractivity contribution in [2.45, 2.75) is 105 Å². The van der Waals surface area contributed by atoms with Crippen LogP contribution in [-0.2, 0) is 9.59 Å². The minimum Gasteiger partial charge on any atom is -0.393 e. The molecule has 0 aromatic heterocycles. The van der Waals surface area contributed by atoms with Crippen molar-refractivity contribution >= 4 is 11.8 Å². The summed E-state index contributed by atoms with van der Waals surface area (Å²) in [5, 5.41) is 10.3. The SMILES string of the molecule is CC(C)C(=O)N1CCN(C(=O)CCC(C)[C@H]2CC[C@H]3[C@@H]4CC=C5C[C@@H](O)CC[C@]5(C)[C@H]4CC[C@]23C)CC1. The molecular weight excluding hydrogens is 460 g/mol. The summed E-state index contributed by atoms with van der Waals surface area (Å²) < 4.78 is 0. The van der Waals surface area contributed by atoms with E-state index in [4.69, 9.17) is 0 Å². The van der Waals surface area contributed by atoms with Crippen LogP contribution in [-0.4, -0.2) is 59.0 Å². The first-order chi connectivity index (χ1) is 17.5. The Morgan fingerprint density at radius 1 is 0.973 bits per heavy atom. The molecule has 1 N–H and O–H groups in total. The standard InChI is InChI=1S/C32H52N2O3/c1-21(2)30(37)34-18-16-33(17-19-34)29(36)11-6-22(3)26-9-10-27-25-8-7-23-20-24(35)12-14-31(23,4)28(25)13-15-32(26,27)5/h7,21-22,24-28,35H,6,8-20H2,1-5H3/t22?,24-,25-,26+,27-,28-,31-,32+/m0/s1. The second kappa shape index (κ2) is 10.3. The number of carbonyl (C=O) groups excluding carboxylic acids is 2. The van der Waals surface area contributed by atoms with Crippen molar-refractivity contribution < 1.29 is 14.7 Å². The summed E-state index contributed by atoms with van der Waals surface area (Å²) in [5.41, 5.74) is 2.28. The summed E-state index contributed by atoms with van der Waals surface area (Å²) in [6.07, 6.45) is 13.6. The molecule has 4 fully saturated rings. The van der Waals surface area contributed by atoms with Crippen LogP contribution < -0.4 is 0 Å². The smallest absolute Gasteiger partial charge is 0.225 e. The molecule has 1 saturated heterocycles. The molecule has 37 heavy (non-hydrogen) atoms. The first-order valence-corrected chi connectivity index (χ1v) is 15.5. The van der Waals surface area contributed by atoms with Crippen LogP contribution in [0.15, 0.2) is 11.6 Å². The minimum atomic E-state index is -0.129. The molecule has 0 aromatic carbocycles. The van der Waals surface area contributed by atoms with Crippen LogP contribution in [0, 0.1) is 46.3 Å². The van der Waals surface area contributed by atoms with Gasteiger partial charge < -0.3 is 14.9 Å². The molecule has 0 radical (unpaired) electrons. The van der Waals surface area contributed by atoms with Crippen molar-refractivity contribution in [2.24, 2.45) is 46.3 Å². The van der Waals surface area contributed by atoms with E-state index in [9.17, 15) is 14.7 Å². The van der Waals surface area contributed by atoms with E-state index in [1.54, 1.807) is 5.57 Å². The van der Waals surface area contributed by atoms with Gasteiger partial charge in [-0.3, -0.25) is 9.59 Å². The molecule has 0 bridgehead atoms. The third kappa shape index (κ3) is 4.80. The van der Waals surface area contributed by atoms with E-state index < -0.39 is 0 Å². The molecule has 1 heterocycles. The van der Waals surface area contributed by atoms with Gasteiger partial charge in [0, 0.05) is 38.5 Å². The lowest BCUT2D eigenvalue weighted by molar-refractivity contribution is -0.141. The van der Waals surface area contributed by atoms with Crippen molar-refractivity contribution in [2.75, 3.05) is 26.2 Å². The fourth-order valence-electron chi connectivity index (χ4n) is 9.87. The summed E-state index contributed by atoms with van der Waals surface area (Å²) in [4.78, 5) is 29.3. The maximum Gasteiger partial charge on any atom is 0.225 e. The number of fused-ring (bicyclic) bond motifs is 5. The van der Waals surface area contributed by atoms with E-state index in [0.717, 1.165) is 49.4 Å². The number of allylic oxidation sites excluding steroid dienone is 1. The predicted octanol–water partition coefficient (Wildman–Crippen LogP) is 5.67. The van der Waals surface area contributed by atoms with Crippen LogP contribution in [0.25, 0.3) is 0 Å². The maximum absolute atomic E-state index is 13.1. The summed E-state index contributed by atoms with van der Waals surface area (Å²) in [7, 11) is 0. The zero-order valence-electron chi connectivity index (χ0n) is 24.2. The number of aliphatic hydroxyl groups is 1. The second-order valence-electron chi connectivity index (χ2n) is 14.3. The van der Waals surface area contributed by atoms with Crippen LogP contribution in [0.4, 0.5) is 0 Å². The second-order valence-corrected chi connectivity index (χ2v) is 14.3. The molecular formula is C32H52N2O3. The zero-order valence-corrected chi connectivity index (χ0v) is 24.2. The molecule has 8 atom stereocenters. The van der Waals surface area contributed by atoms with Gasteiger partial charge in [-0.25, -0.2) is 0 Å². The summed E-state index contributed by atoms with van der Waals surface area (Å²) in [5.74, 6) is 4.21. The lowest BCUT2D eigenvalue weighted by Gasteiger charge is -2.58. The first kappa shape index (κ1) is 27.2. The van der Waals surface area contributed by atoms with E-state index in [-0.39, 0.29) is 23.8 Å². The molecule has 4 aliphatic carbocycles. The van der Waals surface area contributed by atoms with E-state index >= 15 is 0 Å². The Hall–Kier alpha value is -1.36. The number of aliphatic hydroxyl groups excluding tert-OH is 1.